The van der Waals surface area contributed by atoms with Crippen LogP contribution in [0.2, 0.25) is 0 Å². The Hall–Kier alpha value is -1.25. The zero-order chi connectivity index (χ0) is 34.9. The minimum atomic E-state index is -1.87. The van der Waals surface area contributed by atoms with Gasteiger partial charge in [0.15, 0.2) is 25.2 Å². The summed E-state index contributed by atoms with van der Waals surface area (Å²) in [5, 5.41) is 108. The summed E-state index contributed by atoms with van der Waals surface area (Å²) in [6, 6.07) is -1.40. The summed E-state index contributed by atoms with van der Waals surface area (Å²) in [5.41, 5.74) is 0. The Kier molecular flexibility index (Phi) is 13.3. The zero-order valence-electron chi connectivity index (χ0n) is 26.1. The molecule has 11 N–H and O–H groups in total. The van der Waals surface area contributed by atoms with Gasteiger partial charge in [-0.3, -0.25) is 4.79 Å². The predicted molar refractivity (Wildman–Crippen MR) is 147 cm³/mol. The van der Waals surface area contributed by atoms with Gasteiger partial charge < -0.3 is 94.3 Å². The molecule has 0 radical (unpaired) electrons. The molecule has 0 bridgehead atoms. The van der Waals surface area contributed by atoms with Gasteiger partial charge in [0.05, 0.1) is 25.4 Å². The van der Waals surface area contributed by atoms with E-state index in [9.17, 15) is 55.9 Å². The molecule has 1 amide bonds. The number of nitrogens with one attached hydrogen (secondary N) is 1. The Morgan fingerprint density at radius 2 is 1.00 bits per heavy atom. The molecule has 0 unspecified atom stereocenters. The molecule has 0 aromatic rings. The van der Waals surface area contributed by atoms with Crippen molar-refractivity contribution in [3.63, 3.8) is 0 Å². The van der Waals surface area contributed by atoms with E-state index in [1.165, 1.54) is 21.0 Å². The van der Waals surface area contributed by atoms with Crippen LogP contribution in [-0.4, -0.2) is 200 Å². The summed E-state index contributed by atoms with van der Waals surface area (Å²) in [5.74, 6) is -0.635. The molecule has 20 nitrogen and oxygen atoms in total. The lowest BCUT2D eigenvalue weighted by molar-refractivity contribution is -0.386. The van der Waals surface area contributed by atoms with Crippen molar-refractivity contribution in [1.82, 2.24) is 5.32 Å². The maximum Gasteiger partial charge on any atom is 0.217 e. The van der Waals surface area contributed by atoms with E-state index in [-0.39, 0.29) is 0 Å². The lowest BCUT2D eigenvalue weighted by Crippen LogP contribution is -2.68. The number of ether oxygens (including phenoxy) is 8. The van der Waals surface area contributed by atoms with Gasteiger partial charge in [0.2, 0.25) is 5.91 Å². The van der Waals surface area contributed by atoms with E-state index >= 15 is 0 Å². The molecule has 4 heterocycles. The second-order valence-electron chi connectivity index (χ2n) is 12.1. The van der Waals surface area contributed by atoms with Crippen LogP contribution in [0.4, 0.5) is 0 Å². The van der Waals surface area contributed by atoms with Crippen LogP contribution >= 0.6 is 0 Å². The molecule has 4 fully saturated rings. The number of carbonyl (C=O) groups excluding carboxylic acids is 1. The fourth-order valence-corrected chi connectivity index (χ4v) is 5.98. The summed E-state index contributed by atoms with van der Waals surface area (Å²) in [7, 11) is 1.22. The fraction of sp³-hybridized carbons (Fsp3) is 0.963. The van der Waals surface area contributed by atoms with Crippen molar-refractivity contribution in [1.29, 1.82) is 0 Å². The van der Waals surface area contributed by atoms with Crippen molar-refractivity contribution in [2.24, 2.45) is 0 Å². The molecule has 20 atom stereocenters. The van der Waals surface area contributed by atoms with Crippen LogP contribution in [0.25, 0.3) is 0 Å². The molecule has 4 aliphatic rings. The largest absolute Gasteiger partial charge is 0.394 e. The first kappa shape index (κ1) is 38.6. The molecule has 0 aliphatic carbocycles. The minimum absolute atomic E-state index is 0.635. The standard InChI is InChI=1S/C27H47NO19/c1-7-13(32)21(45-24-12(28-9(3)31)17(36)15(34)10(5-29)43-24)19(38)25(41-7)46-22-14(33)8(2)42-26(20(22)39)47-23-18(37)16(35)11(6-30)44-27(23)40-4/h7-8,10-27,29-30,32-39H,5-6H2,1-4H3,(H,28,31)/t7-,8-,10-,11-,12-,13-,14-,15-,16+,17-,18+,19+,20+,21+,22+,23-,24-,25-,26-,27+/m1/s1. The van der Waals surface area contributed by atoms with Crippen LogP contribution in [0.15, 0.2) is 0 Å². The molecular formula is C27H47NO19. The van der Waals surface area contributed by atoms with E-state index < -0.39 is 142 Å². The van der Waals surface area contributed by atoms with Gasteiger partial charge in [0, 0.05) is 14.0 Å². The van der Waals surface area contributed by atoms with E-state index in [1.807, 2.05) is 0 Å². The van der Waals surface area contributed by atoms with Crippen molar-refractivity contribution < 1.29 is 93.8 Å². The molecule has 274 valence electrons. The van der Waals surface area contributed by atoms with Gasteiger partial charge in [-0.2, -0.15) is 0 Å². The van der Waals surface area contributed by atoms with Crippen LogP contribution in [0, 0.1) is 0 Å². The van der Waals surface area contributed by atoms with Gasteiger partial charge in [0.1, 0.15) is 85.4 Å². The Morgan fingerprint density at radius 1 is 0.574 bits per heavy atom. The molecular weight excluding hydrogens is 642 g/mol. The third-order valence-corrected chi connectivity index (χ3v) is 8.74. The minimum Gasteiger partial charge on any atom is -0.394 e. The third-order valence-electron chi connectivity index (χ3n) is 8.74. The predicted octanol–water partition coefficient (Wildman–Crippen LogP) is -6.90. The number of rotatable bonds is 10. The highest BCUT2D eigenvalue weighted by Crippen LogP contribution is 2.34. The molecule has 0 aromatic heterocycles. The normalized spacial score (nSPS) is 51.0. The highest BCUT2D eigenvalue weighted by Gasteiger charge is 2.54. The first-order chi connectivity index (χ1) is 22.1. The Bertz CT molecular complexity index is 1010. The molecule has 4 rings (SSSR count). The molecule has 4 saturated heterocycles. The van der Waals surface area contributed by atoms with Crippen LogP contribution in [0.5, 0.6) is 0 Å². The maximum absolute atomic E-state index is 11.8. The van der Waals surface area contributed by atoms with Gasteiger partial charge in [-0.15, -0.1) is 0 Å². The van der Waals surface area contributed by atoms with Crippen molar-refractivity contribution in [3.8, 4) is 0 Å². The molecule has 47 heavy (non-hydrogen) atoms. The summed E-state index contributed by atoms with van der Waals surface area (Å²) < 4.78 is 44.8. The smallest absolute Gasteiger partial charge is 0.217 e. The summed E-state index contributed by atoms with van der Waals surface area (Å²) in [6.45, 7) is 2.56. The van der Waals surface area contributed by atoms with Crippen LogP contribution in [0.3, 0.4) is 0 Å². The first-order valence-electron chi connectivity index (χ1n) is 15.2. The molecule has 20 heteroatoms. The number of aliphatic hydroxyl groups is 10. The lowest BCUT2D eigenvalue weighted by Gasteiger charge is -2.49. The van der Waals surface area contributed by atoms with Crippen LogP contribution in [0.1, 0.15) is 20.8 Å². The van der Waals surface area contributed by atoms with E-state index in [1.54, 1.807) is 0 Å². The average molecular weight is 690 g/mol. The summed E-state index contributed by atoms with van der Waals surface area (Å²) in [4.78, 5) is 11.8. The van der Waals surface area contributed by atoms with Gasteiger partial charge in [-0.05, 0) is 13.8 Å². The van der Waals surface area contributed by atoms with Gasteiger partial charge >= 0.3 is 0 Å². The SMILES string of the molecule is CO[C@H]1O[C@H](CO)[C@H](O)[C@H](O)[C@H]1O[C@H]1O[C@H](C)[C@@H](O)[C@H](O[C@H]2O[C@H](C)[C@@H](O)[C@H](O[C@H]3O[C@H](CO)[C@@H](O)[C@H](O)[C@H]3NC(C)=O)[C@@H]2O)[C@@H]1O. The van der Waals surface area contributed by atoms with E-state index in [0.29, 0.717) is 0 Å². The number of methoxy groups -OCH3 is 1. The van der Waals surface area contributed by atoms with Gasteiger partial charge in [-0.25, -0.2) is 0 Å². The van der Waals surface area contributed by atoms with Gasteiger partial charge in [0.25, 0.3) is 0 Å². The highest BCUT2D eigenvalue weighted by atomic mass is 16.8. The molecule has 0 spiro atoms. The Balaban J connectivity index is 1.51. The van der Waals surface area contributed by atoms with Crippen molar-refractivity contribution in [2.45, 2.75) is 144 Å². The van der Waals surface area contributed by atoms with E-state index in [2.05, 4.69) is 5.32 Å². The van der Waals surface area contributed by atoms with Crippen LogP contribution in [-0.2, 0) is 42.7 Å². The van der Waals surface area contributed by atoms with Gasteiger partial charge in [-0.1, -0.05) is 0 Å². The second kappa shape index (κ2) is 16.2. The highest BCUT2D eigenvalue weighted by molar-refractivity contribution is 5.73. The van der Waals surface area contributed by atoms with Crippen molar-refractivity contribution >= 4 is 5.91 Å². The third kappa shape index (κ3) is 8.06. The van der Waals surface area contributed by atoms with Crippen LogP contribution < -0.4 is 5.32 Å². The number of hydrogen-bond donors (Lipinski definition) is 11. The maximum atomic E-state index is 11.8. The average Bonchev–Trinajstić information content (AvgIpc) is 3.03. The number of aliphatic hydroxyl groups excluding tert-OH is 10. The van der Waals surface area contributed by atoms with E-state index in [0.717, 1.165) is 6.92 Å². The topological polar surface area (TPSA) is 305 Å². The molecule has 0 aromatic carbocycles. The molecule has 0 saturated carbocycles. The molecule has 4 aliphatic heterocycles. The summed E-state index contributed by atoms with van der Waals surface area (Å²) >= 11 is 0. The van der Waals surface area contributed by atoms with Crippen molar-refractivity contribution in [2.75, 3.05) is 20.3 Å². The van der Waals surface area contributed by atoms with E-state index in [4.69, 9.17) is 37.9 Å². The lowest BCUT2D eigenvalue weighted by atomic mass is 9.95. The Labute approximate surface area is 269 Å². The second-order valence-corrected chi connectivity index (χ2v) is 12.1. The Morgan fingerprint density at radius 3 is 1.45 bits per heavy atom. The monoisotopic (exact) mass is 689 g/mol. The van der Waals surface area contributed by atoms with Crippen molar-refractivity contribution in [3.05, 3.63) is 0 Å². The number of carbonyl (C=O) groups is 1. The first-order valence-corrected chi connectivity index (χ1v) is 15.2. The quantitative estimate of drug-likeness (QED) is 0.102. The summed E-state index contributed by atoms with van der Waals surface area (Å²) in [6.07, 6.45) is -29.0. The number of amides is 1. The zero-order valence-corrected chi connectivity index (χ0v) is 26.1. The number of hydrogen-bond acceptors (Lipinski definition) is 19. The fourth-order valence-electron chi connectivity index (χ4n) is 5.98.